The molecule has 1 heterocycles. The van der Waals surface area contributed by atoms with Gasteiger partial charge in [0, 0.05) is 11.8 Å². The molecule has 168 valence electrons. The highest BCUT2D eigenvalue weighted by Crippen LogP contribution is 2.20. The average Bonchev–Trinajstić information content (AvgIpc) is 3.16. The van der Waals surface area contributed by atoms with Crippen LogP contribution in [0.25, 0.3) is 0 Å². The van der Waals surface area contributed by atoms with Crippen LogP contribution in [0.15, 0.2) is 84.0 Å². The lowest BCUT2D eigenvalue weighted by atomic mass is 10.2. The first-order valence-corrected chi connectivity index (χ1v) is 11.4. The quantitative estimate of drug-likeness (QED) is 0.351. The van der Waals surface area contributed by atoms with Gasteiger partial charge in [-0.05, 0) is 42.3 Å². The van der Waals surface area contributed by atoms with E-state index < -0.39 is 0 Å². The first kappa shape index (κ1) is 22.5. The van der Waals surface area contributed by atoms with Crippen LogP contribution < -0.4 is 10.1 Å². The minimum atomic E-state index is -0.346. The zero-order chi connectivity index (χ0) is 23.0. The van der Waals surface area contributed by atoms with Crippen molar-refractivity contribution in [3.8, 4) is 5.75 Å². The Morgan fingerprint density at radius 3 is 2.61 bits per heavy atom. The number of nitrogens with zero attached hydrogens (tertiary/aromatic N) is 3. The Bertz CT molecular complexity index is 1230. The number of carbonyl (C=O) groups excluding carboxylic acids is 1. The van der Waals surface area contributed by atoms with E-state index in [0.29, 0.717) is 23.1 Å². The molecule has 0 saturated heterocycles. The van der Waals surface area contributed by atoms with Crippen molar-refractivity contribution in [2.75, 3.05) is 11.1 Å². The molecule has 0 aliphatic carbocycles. The smallest absolute Gasteiger partial charge is 0.234 e. The Labute approximate surface area is 195 Å². The number of benzene rings is 3. The molecule has 8 heteroatoms. The van der Waals surface area contributed by atoms with E-state index in [-0.39, 0.29) is 24.1 Å². The fourth-order valence-electron chi connectivity index (χ4n) is 3.21. The van der Waals surface area contributed by atoms with Gasteiger partial charge < -0.3 is 14.6 Å². The summed E-state index contributed by atoms with van der Waals surface area (Å²) >= 11 is 1.34. The Balaban J connectivity index is 1.32. The van der Waals surface area contributed by atoms with E-state index >= 15 is 0 Å². The van der Waals surface area contributed by atoms with Crippen LogP contribution >= 0.6 is 11.8 Å². The largest absolute Gasteiger partial charge is 0.489 e. The fourth-order valence-corrected chi connectivity index (χ4v) is 3.99. The van der Waals surface area contributed by atoms with Crippen molar-refractivity contribution < 1.29 is 13.9 Å². The summed E-state index contributed by atoms with van der Waals surface area (Å²) in [6, 6.07) is 23.4. The van der Waals surface area contributed by atoms with Crippen LogP contribution in [0.2, 0.25) is 0 Å². The summed E-state index contributed by atoms with van der Waals surface area (Å²) in [6.07, 6.45) is 0. The lowest BCUT2D eigenvalue weighted by Crippen LogP contribution is -2.15. The Morgan fingerprint density at radius 1 is 1.00 bits per heavy atom. The van der Waals surface area contributed by atoms with Crippen LogP contribution in [-0.2, 0) is 17.9 Å². The number of aryl methyl sites for hydroxylation is 1. The second-order valence-electron chi connectivity index (χ2n) is 7.38. The summed E-state index contributed by atoms with van der Waals surface area (Å²) in [4.78, 5) is 12.5. The topological polar surface area (TPSA) is 69.0 Å². The Kier molecular flexibility index (Phi) is 7.36. The minimum absolute atomic E-state index is 0.143. The Hall–Kier alpha value is -3.65. The molecule has 3 aromatic carbocycles. The molecule has 0 atom stereocenters. The maximum Gasteiger partial charge on any atom is 0.234 e. The number of rotatable bonds is 9. The molecule has 4 rings (SSSR count). The van der Waals surface area contributed by atoms with E-state index in [9.17, 15) is 9.18 Å². The van der Waals surface area contributed by atoms with Crippen molar-refractivity contribution in [3.05, 3.63) is 102 Å². The summed E-state index contributed by atoms with van der Waals surface area (Å²) in [5, 5.41) is 12.0. The van der Waals surface area contributed by atoms with E-state index in [1.807, 2.05) is 66.1 Å². The van der Waals surface area contributed by atoms with Crippen molar-refractivity contribution in [2.24, 2.45) is 0 Å². The predicted octanol–water partition coefficient (Wildman–Crippen LogP) is 5.08. The van der Waals surface area contributed by atoms with Crippen LogP contribution in [0.1, 0.15) is 17.0 Å². The van der Waals surface area contributed by atoms with Gasteiger partial charge in [-0.2, -0.15) is 0 Å². The van der Waals surface area contributed by atoms with Gasteiger partial charge in [-0.3, -0.25) is 4.79 Å². The molecule has 1 amide bonds. The maximum absolute atomic E-state index is 13.3. The zero-order valence-corrected chi connectivity index (χ0v) is 18.9. The summed E-state index contributed by atoms with van der Waals surface area (Å²) in [5.74, 6) is 0.969. The van der Waals surface area contributed by atoms with Gasteiger partial charge in [0.2, 0.25) is 5.91 Å². The number of thioether (sulfide) groups is 1. The molecule has 0 aliphatic heterocycles. The first-order chi connectivity index (χ1) is 16.1. The lowest BCUT2D eigenvalue weighted by molar-refractivity contribution is -0.113. The van der Waals surface area contributed by atoms with E-state index in [1.165, 1.54) is 23.9 Å². The number of amides is 1. The van der Waals surface area contributed by atoms with E-state index in [1.54, 1.807) is 12.1 Å². The number of aromatic nitrogens is 3. The molecule has 0 unspecified atom stereocenters. The summed E-state index contributed by atoms with van der Waals surface area (Å²) in [6.45, 7) is 2.82. The van der Waals surface area contributed by atoms with E-state index in [2.05, 4.69) is 15.5 Å². The number of hydrogen-bond donors (Lipinski definition) is 1. The third-order valence-electron chi connectivity index (χ3n) is 4.83. The van der Waals surface area contributed by atoms with Gasteiger partial charge in [-0.1, -0.05) is 60.3 Å². The van der Waals surface area contributed by atoms with Gasteiger partial charge in [-0.25, -0.2) is 4.39 Å². The van der Waals surface area contributed by atoms with Crippen LogP contribution in [0.4, 0.5) is 10.1 Å². The molecular weight excluding hydrogens is 439 g/mol. The molecule has 4 aromatic rings. The number of halogens is 1. The van der Waals surface area contributed by atoms with Gasteiger partial charge in [0.05, 0.1) is 12.3 Å². The molecule has 0 spiro atoms. The molecule has 0 bridgehead atoms. The van der Waals surface area contributed by atoms with Crippen LogP contribution in [0.5, 0.6) is 5.75 Å². The van der Waals surface area contributed by atoms with Crippen molar-refractivity contribution in [3.63, 3.8) is 0 Å². The number of anilines is 1. The van der Waals surface area contributed by atoms with Gasteiger partial charge in [-0.15, -0.1) is 10.2 Å². The highest BCUT2D eigenvalue weighted by atomic mass is 32.2. The van der Waals surface area contributed by atoms with Crippen LogP contribution in [0, 0.1) is 12.7 Å². The molecule has 0 radical (unpaired) electrons. The molecule has 0 fully saturated rings. The average molecular weight is 463 g/mol. The molecule has 0 aliphatic rings. The minimum Gasteiger partial charge on any atom is -0.489 e. The number of carbonyl (C=O) groups is 1. The molecule has 0 saturated carbocycles. The van der Waals surface area contributed by atoms with Gasteiger partial charge in [0.25, 0.3) is 0 Å². The normalized spacial score (nSPS) is 10.7. The van der Waals surface area contributed by atoms with Crippen LogP contribution in [-0.4, -0.2) is 26.4 Å². The molecular formula is C25H23FN4O2S. The zero-order valence-electron chi connectivity index (χ0n) is 18.1. The number of ether oxygens (including phenoxy) is 1. The van der Waals surface area contributed by atoms with E-state index in [0.717, 1.165) is 17.0 Å². The molecule has 1 N–H and O–H groups in total. The summed E-state index contributed by atoms with van der Waals surface area (Å²) < 4.78 is 20.9. The predicted molar refractivity (Wildman–Crippen MR) is 127 cm³/mol. The molecule has 1 aromatic heterocycles. The number of hydrogen-bond acceptors (Lipinski definition) is 5. The third-order valence-corrected chi connectivity index (χ3v) is 5.80. The molecule has 33 heavy (non-hydrogen) atoms. The van der Waals surface area contributed by atoms with Crippen molar-refractivity contribution in [1.29, 1.82) is 0 Å². The lowest BCUT2D eigenvalue weighted by Gasteiger charge is -2.10. The number of nitrogens with one attached hydrogen (secondary N) is 1. The van der Waals surface area contributed by atoms with Gasteiger partial charge in [0.15, 0.2) is 5.16 Å². The summed E-state index contributed by atoms with van der Waals surface area (Å²) in [7, 11) is 0. The second-order valence-corrected chi connectivity index (χ2v) is 8.33. The van der Waals surface area contributed by atoms with Crippen molar-refractivity contribution in [2.45, 2.75) is 25.2 Å². The van der Waals surface area contributed by atoms with E-state index in [4.69, 9.17) is 4.74 Å². The second kappa shape index (κ2) is 10.8. The van der Waals surface area contributed by atoms with Crippen LogP contribution in [0.3, 0.4) is 0 Å². The molecule has 6 nitrogen and oxygen atoms in total. The maximum atomic E-state index is 13.3. The van der Waals surface area contributed by atoms with Crippen molar-refractivity contribution in [1.82, 2.24) is 14.8 Å². The first-order valence-electron chi connectivity index (χ1n) is 10.4. The Morgan fingerprint density at radius 2 is 1.79 bits per heavy atom. The van der Waals surface area contributed by atoms with Crippen molar-refractivity contribution >= 4 is 23.4 Å². The highest BCUT2D eigenvalue weighted by Gasteiger charge is 2.12. The highest BCUT2D eigenvalue weighted by molar-refractivity contribution is 7.99. The fraction of sp³-hybridized carbons (Fsp3) is 0.160. The summed E-state index contributed by atoms with van der Waals surface area (Å²) in [5.41, 5.74) is 2.68. The standard InChI is InChI=1S/C25H23FN4O2S/c1-18-28-29-25(30(18)15-19-7-3-2-4-8-19)33-17-24(31)27-22-11-5-9-20(13-22)16-32-23-12-6-10-21(26)14-23/h2-14H,15-17H2,1H3,(H,27,31). The van der Waals surface area contributed by atoms with Gasteiger partial charge in [0.1, 0.15) is 24.0 Å². The third kappa shape index (κ3) is 6.43. The monoisotopic (exact) mass is 462 g/mol. The SMILES string of the molecule is Cc1nnc(SCC(=O)Nc2cccc(COc3cccc(F)c3)c2)n1Cc1ccccc1. The van der Waals surface area contributed by atoms with Gasteiger partial charge >= 0.3 is 0 Å².